The van der Waals surface area contributed by atoms with Crippen molar-refractivity contribution in [3.05, 3.63) is 35.9 Å². The molecule has 2 atom stereocenters. The molecule has 2 nitrogen and oxygen atoms in total. The molecule has 1 aromatic carbocycles. The Morgan fingerprint density at radius 3 is 2.31 bits per heavy atom. The van der Waals surface area contributed by atoms with Gasteiger partial charge in [-0.1, -0.05) is 44.2 Å². The van der Waals surface area contributed by atoms with Crippen molar-refractivity contribution in [1.29, 1.82) is 0 Å². The standard InChI is InChI=1S/C14H20O2/c1-11(2)9-13(14(3,16)10-15)12-7-5-4-6-8-12/h4-8,10-11,13,16H,9H2,1-3H3. The maximum atomic E-state index is 11.0. The number of carbonyl (C=O) groups excluding carboxylic acids is 1. The highest BCUT2D eigenvalue weighted by atomic mass is 16.3. The highest BCUT2D eigenvalue weighted by Gasteiger charge is 2.32. The van der Waals surface area contributed by atoms with E-state index in [2.05, 4.69) is 13.8 Å². The number of benzene rings is 1. The van der Waals surface area contributed by atoms with Gasteiger partial charge in [0.1, 0.15) is 5.60 Å². The Kier molecular flexibility index (Phi) is 4.25. The van der Waals surface area contributed by atoms with E-state index in [1.807, 2.05) is 30.3 Å². The Labute approximate surface area is 97.3 Å². The van der Waals surface area contributed by atoms with Crippen molar-refractivity contribution in [2.45, 2.75) is 38.7 Å². The van der Waals surface area contributed by atoms with Crippen LogP contribution in [-0.4, -0.2) is 17.0 Å². The zero-order valence-electron chi connectivity index (χ0n) is 10.2. The third-order valence-electron chi connectivity index (χ3n) is 2.85. The Morgan fingerprint density at radius 2 is 1.88 bits per heavy atom. The van der Waals surface area contributed by atoms with Gasteiger partial charge in [-0.2, -0.15) is 0 Å². The lowest BCUT2D eigenvalue weighted by Crippen LogP contribution is -2.35. The molecule has 0 aliphatic rings. The van der Waals surface area contributed by atoms with Crippen LogP contribution in [0, 0.1) is 5.92 Å². The molecular weight excluding hydrogens is 200 g/mol. The fourth-order valence-electron chi connectivity index (χ4n) is 1.95. The van der Waals surface area contributed by atoms with E-state index in [0.717, 1.165) is 12.0 Å². The fourth-order valence-corrected chi connectivity index (χ4v) is 1.95. The molecular formula is C14H20O2. The predicted molar refractivity (Wildman–Crippen MR) is 65.3 cm³/mol. The Balaban J connectivity index is 3.01. The second-order valence-corrected chi connectivity index (χ2v) is 4.94. The van der Waals surface area contributed by atoms with E-state index in [0.29, 0.717) is 12.2 Å². The van der Waals surface area contributed by atoms with Crippen LogP contribution in [-0.2, 0) is 4.79 Å². The lowest BCUT2D eigenvalue weighted by atomic mass is 9.79. The summed E-state index contributed by atoms with van der Waals surface area (Å²) in [4.78, 5) is 11.0. The minimum atomic E-state index is -1.29. The van der Waals surface area contributed by atoms with Gasteiger partial charge in [0.25, 0.3) is 0 Å². The number of aliphatic hydroxyl groups is 1. The van der Waals surface area contributed by atoms with Gasteiger partial charge in [-0.05, 0) is 24.8 Å². The average molecular weight is 220 g/mol. The summed E-state index contributed by atoms with van der Waals surface area (Å²) in [6.45, 7) is 5.77. The molecule has 0 heterocycles. The molecule has 0 fully saturated rings. The van der Waals surface area contributed by atoms with Gasteiger partial charge in [0.2, 0.25) is 0 Å². The SMILES string of the molecule is CC(C)CC(c1ccccc1)C(C)(O)C=O. The third-order valence-corrected chi connectivity index (χ3v) is 2.85. The minimum absolute atomic E-state index is 0.133. The first-order valence-electron chi connectivity index (χ1n) is 5.71. The molecule has 1 N–H and O–H groups in total. The molecule has 0 aliphatic carbocycles. The molecule has 88 valence electrons. The van der Waals surface area contributed by atoms with Gasteiger partial charge in [-0.15, -0.1) is 0 Å². The summed E-state index contributed by atoms with van der Waals surface area (Å²) < 4.78 is 0. The Bertz CT molecular complexity index is 328. The van der Waals surface area contributed by atoms with E-state index >= 15 is 0 Å². The number of rotatable bonds is 5. The molecule has 2 unspecified atom stereocenters. The highest BCUT2D eigenvalue weighted by molar-refractivity contribution is 5.63. The zero-order chi connectivity index (χ0) is 12.2. The quantitative estimate of drug-likeness (QED) is 0.775. The second kappa shape index (κ2) is 5.26. The predicted octanol–water partition coefficient (Wildman–Crippen LogP) is 2.77. The van der Waals surface area contributed by atoms with Gasteiger partial charge in [-0.25, -0.2) is 0 Å². The third kappa shape index (κ3) is 3.17. The Morgan fingerprint density at radius 1 is 1.31 bits per heavy atom. The van der Waals surface area contributed by atoms with Crippen LogP contribution in [0.3, 0.4) is 0 Å². The summed E-state index contributed by atoms with van der Waals surface area (Å²) in [6, 6.07) is 9.73. The van der Waals surface area contributed by atoms with Crippen LogP contribution in [0.2, 0.25) is 0 Å². The molecule has 1 rings (SSSR count). The molecule has 0 saturated carbocycles. The van der Waals surface area contributed by atoms with Crippen LogP contribution >= 0.6 is 0 Å². The van der Waals surface area contributed by atoms with E-state index in [9.17, 15) is 9.90 Å². The number of aldehydes is 1. The van der Waals surface area contributed by atoms with E-state index in [1.54, 1.807) is 6.92 Å². The van der Waals surface area contributed by atoms with Gasteiger partial charge >= 0.3 is 0 Å². The van der Waals surface area contributed by atoms with Crippen LogP contribution in [0.5, 0.6) is 0 Å². The number of hydrogen-bond acceptors (Lipinski definition) is 2. The van der Waals surface area contributed by atoms with E-state index in [4.69, 9.17) is 0 Å². The van der Waals surface area contributed by atoms with Crippen molar-refractivity contribution >= 4 is 6.29 Å². The molecule has 0 saturated heterocycles. The number of hydrogen-bond donors (Lipinski definition) is 1. The molecule has 1 aromatic rings. The topological polar surface area (TPSA) is 37.3 Å². The molecule has 0 spiro atoms. The van der Waals surface area contributed by atoms with Gasteiger partial charge < -0.3 is 9.90 Å². The summed E-state index contributed by atoms with van der Waals surface area (Å²) in [5.41, 5.74) is -0.265. The fraction of sp³-hybridized carbons (Fsp3) is 0.500. The minimum Gasteiger partial charge on any atom is -0.382 e. The van der Waals surface area contributed by atoms with Gasteiger partial charge in [0, 0.05) is 5.92 Å². The number of carbonyl (C=O) groups is 1. The normalized spacial score (nSPS) is 16.8. The Hall–Kier alpha value is -1.15. The first kappa shape index (κ1) is 12.9. The molecule has 0 aromatic heterocycles. The molecule has 2 heteroatoms. The first-order valence-corrected chi connectivity index (χ1v) is 5.71. The van der Waals surface area contributed by atoms with Crippen molar-refractivity contribution in [2.24, 2.45) is 5.92 Å². The van der Waals surface area contributed by atoms with Gasteiger partial charge in [-0.3, -0.25) is 0 Å². The molecule has 0 bridgehead atoms. The second-order valence-electron chi connectivity index (χ2n) is 4.94. The van der Waals surface area contributed by atoms with Gasteiger partial charge in [0.15, 0.2) is 6.29 Å². The van der Waals surface area contributed by atoms with Crippen LogP contribution in [0.1, 0.15) is 38.7 Å². The van der Waals surface area contributed by atoms with Crippen molar-refractivity contribution in [1.82, 2.24) is 0 Å². The van der Waals surface area contributed by atoms with E-state index in [-0.39, 0.29) is 5.92 Å². The molecule has 0 amide bonds. The van der Waals surface area contributed by atoms with Crippen LogP contribution in [0.4, 0.5) is 0 Å². The maximum absolute atomic E-state index is 11.0. The smallest absolute Gasteiger partial charge is 0.151 e. The highest BCUT2D eigenvalue weighted by Crippen LogP contribution is 2.32. The molecule has 0 aliphatic heterocycles. The van der Waals surface area contributed by atoms with Gasteiger partial charge in [0.05, 0.1) is 0 Å². The van der Waals surface area contributed by atoms with E-state index < -0.39 is 5.60 Å². The summed E-state index contributed by atoms with van der Waals surface area (Å²) in [7, 11) is 0. The molecule has 0 radical (unpaired) electrons. The largest absolute Gasteiger partial charge is 0.382 e. The zero-order valence-corrected chi connectivity index (χ0v) is 10.2. The van der Waals surface area contributed by atoms with Crippen molar-refractivity contribution in [3.63, 3.8) is 0 Å². The summed E-state index contributed by atoms with van der Waals surface area (Å²) in [5.74, 6) is 0.308. The molecule has 16 heavy (non-hydrogen) atoms. The monoisotopic (exact) mass is 220 g/mol. The van der Waals surface area contributed by atoms with Crippen molar-refractivity contribution in [3.8, 4) is 0 Å². The van der Waals surface area contributed by atoms with Crippen LogP contribution in [0.15, 0.2) is 30.3 Å². The van der Waals surface area contributed by atoms with E-state index in [1.165, 1.54) is 0 Å². The lowest BCUT2D eigenvalue weighted by Gasteiger charge is -2.29. The summed E-state index contributed by atoms with van der Waals surface area (Å²) >= 11 is 0. The summed E-state index contributed by atoms with van der Waals surface area (Å²) in [5, 5.41) is 10.1. The van der Waals surface area contributed by atoms with Crippen LogP contribution in [0.25, 0.3) is 0 Å². The van der Waals surface area contributed by atoms with Crippen molar-refractivity contribution < 1.29 is 9.90 Å². The first-order chi connectivity index (χ1) is 7.47. The lowest BCUT2D eigenvalue weighted by molar-refractivity contribution is -0.125. The average Bonchev–Trinajstić information content (AvgIpc) is 2.27. The maximum Gasteiger partial charge on any atom is 0.151 e. The van der Waals surface area contributed by atoms with Crippen molar-refractivity contribution in [2.75, 3.05) is 0 Å². The summed E-state index contributed by atoms with van der Waals surface area (Å²) in [6.07, 6.45) is 1.45. The van der Waals surface area contributed by atoms with Crippen LogP contribution < -0.4 is 0 Å².